The van der Waals surface area contributed by atoms with Crippen molar-refractivity contribution in [3.63, 3.8) is 0 Å². The zero-order chi connectivity index (χ0) is 13.8. The van der Waals surface area contributed by atoms with Crippen LogP contribution in [0.5, 0.6) is 0 Å². The highest BCUT2D eigenvalue weighted by molar-refractivity contribution is 5.62. The van der Waals surface area contributed by atoms with E-state index in [1.807, 2.05) is 32.2 Å². The summed E-state index contributed by atoms with van der Waals surface area (Å²) in [4.78, 5) is 6.10. The van der Waals surface area contributed by atoms with Crippen LogP contribution in [0.15, 0.2) is 42.6 Å². The molecule has 0 unspecified atom stereocenters. The first-order valence-electron chi connectivity index (χ1n) is 6.33. The van der Waals surface area contributed by atoms with Gasteiger partial charge in [0.15, 0.2) is 0 Å². The Kier molecular flexibility index (Phi) is 4.12. The summed E-state index contributed by atoms with van der Waals surface area (Å²) in [7, 11) is 1.81. The molecule has 1 aromatic carbocycles. The minimum absolute atomic E-state index is 0.0483. The summed E-state index contributed by atoms with van der Waals surface area (Å²) in [6.07, 6.45) is 2.56. The molecule has 0 aliphatic heterocycles. The fraction of sp³-hybridized carbons (Fsp3) is 0.267. The van der Waals surface area contributed by atoms with Crippen LogP contribution in [0.4, 0.5) is 15.8 Å². The van der Waals surface area contributed by atoms with Gasteiger partial charge >= 0.3 is 0 Å². The molecule has 0 aliphatic rings. The molecule has 0 bridgehead atoms. The number of nitrogens with two attached hydrogens (primary N) is 1. The molecule has 1 atom stereocenters. The summed E-state index contributed by atoms with van der Waals surface area (Å²) in [5, 5.41) is 0. The van der Waals surface area contributed by atoms with E-state index in [1.54, 1.807) is 23.2 Å². The van der Waals surface area contributed by atoms with E-state index < -0.39 is 0 Å². The molecule has 2 rings (SSSR count). The van der Waals surface area contributed by atoms with Crippen LogP contribution in [0.2, 0.25) is 0 Å². The van der Waals surface area contributed by atoms with Crippen molar-refractivity contribution in [1.29, 1.82) is 0 Å². The lowest BCUT2D eigenvalue weighted by atomic mass is 10.1. The molecule has 0 aliphatic carbocycles. The van der Waals surface area contributed by atoms with Crippen molar-refractivity contribution in [2.24, 2.45) is 5.73 Å². The lowest BCUT2D eigenvalue weighted by Crippen LogP contribution is -2.14. The van der Waals surface area contributed by atoms with Gasteiger partial charge in [-0.2, -0.15) is 0 Å². The van der Waals surface area contributed by atoms with Gasteiger partial charge in [-0.15, -0.1) is 0 Å². The van der Waals surface area contributed by atoms with Gasteiger partial charge in [-0.05, 0) is 30.7 Å². The molecule has 1 heterocycles. The Morgan fingerprint density at radius 1 is 1.26 bits per heavy atom. The number of benzene rings is 1. The molecule has 2 N–H and O–H groups in total. The lowest BCUT2D eigenvalue weighted by Gasteiger charge is -2.20. The van der Waals surface area contributed by atoms with Crippen molar-refractivity contribution in [2.45, 2.75) is 19.4 Å². The van der Waals surface area contributed by atoms with Crippen LogP contribution >= 0.6 is 0 Å². The van der Waals surface area contributed by atoms with E-state index in [1.165, 1.54) is 6.07 Å². The van der Waals surface area contributed by atoms with E-state index in [4.69, 9.17) is 5.73 Å². The molecule has 19 heavy (non-hydrogen) atoms. The van der Waals surface area contributed by atoms with Crippen molar-refractivity contribution in [2.75, 3.05) is 11.9 Å². The second-order valence-corrected chi connectivity index (χ2v) is 4.47. The SMILES string of the molecule is CC[C@@H](N)c1ccc(N(C)c2ccccc2F)cn1. The minimum Gasteiger partial charge on any atom is -0.341 e. The molecule has 4 heteroatoms. The van der Waals surface area contributed by atoms with Gasteiger partial charge in [0.2, 0.25) is 0 Å². The Morgan fingerprint density at radius 3 is 2.58 bits per heavy atom. The van der Waals surface area contributed by atoms with Gasteiger partial charge in [0.25, 0.3) is 0 Å². The van der Waals surface area contributed by atoms with Crippen molar-refractivity contribution < 1.29 is 4.39 Å². The topological polar surface area (TPSA) is 42.1 Å². The van der Waals surface area contributed by atoms with Gasteiger partial charge in [0.05, 0.1) is 23.3 Å². The largest absolute Gasteiger partial charge is 0.341 e. The van der Waals surface area contributed by atoms with Crippen LogP contribution in [0.25, 0.3) is 0 Å². The normalized spacial score (nSPS) is 12.2. The molecule has 0 amide bonds. The zero-order valence-electron chi connectivity index (χ0n) is 11.2. The lowest BCUT2D eigenvalue weighted by molar-refractivity contribution is 0.627. The number of pyridine rings is 1. The van der Waals surface area contributed by atoms with Crippen LogP contribution in [0.1, 0.15) is 25.1 Å². The number of rotatable bonds is 4. The summed E-state index contributed by atoms with van der Waals surface area (Å²) in [6, 6.07) is 10.4. The summed E-state index contributed by atoms with van der Waals surface area (Å²) >= 11 is 0. The van der Waals surface area contributed by atoms with Gasteiger partial charge in [0, 0.05) is 13.1 Å². The second-order valence-electron chi connectivity index (χ2n) is 4.47. The Bertz CT molecular complexity index is 539. The smallest absolute Gasteiger partial charge is 0.146 e. The van der Waals surface area contributed by atoms with Gasteiger partial charge in [-0.3, -0.25) is 4.98 Å². The average Bonchev–Trinajstić information content (AvgIpc) is 2.46. The number of para-hydroxylation sites is 1. The van der Waals surface area contributed by atoms with E-state index in [-0.39, 0.29) is 11.9 Å². The van der Waals surface area contributed by atoms with Crippen molar-refractivity contribution in [1.82, 2.24) is 4.98 Å². The predicted octanol–water partition coefficient (Wildman–Crippen LogP) is 3.40. The molecule has 0 saturated heterocycles. The van der Waals surface area contributed by atoms with Crippen LogP contribution in [0.3, 0.4) is 0 Å². The van der Waals surface area contributed by atoms with E-state index in [0.29, 0.717) is 5.69 Å². The number of hydrogen-bond acceptors (Lipinski definition) is 3. The third kappa shape index (κ3) is 2.90. The molecule has 0 fully saturated rings. The van der Waals surface area contributed by atoms with Crippen molar-refractivity contribution in [3.05, 3.63) is 54.1 Å². The highest BCUT2D eigenvalue weighted by atomic mass is 19.1. The standard InChI is InChI=1S/C15H18FN3/c1-3-13(17)14-9-8-11(10-18-14)19(2)15-7-5-4-6-12(15)16/h4-10,13H,3,17H2,1-2H3/t13-/m1/s1. The summed E-state index contributed by atoms with van der Waals surface area (Å²) in [5.74, 6) is -0.251. The highest BCUT2D eigenvalue weighted by Crippen LogP contribution is 2.26. The molecule has 2 aromatic rings. The molecular formula is C15H18FN3. The first-order chi connectivity index (χ1) is 9.13. The van der Waals surface area contributed by atoms with Gasteiger partial charge in [-0.25, -0.2) is 4.39 Å². The van der Waals surface area contributed by atoms with Crippen LogP contribution < -0.4 is 10.6 Å². The Balaban J connectivity index is 2.25. The first kappa shape index (κ1) is 13.5. The summed E-state index contributed by atoms with van der Waals surface area (Å²) < 4.78 is 13.7. The van der Waals surface area contributed by atoms with Crippen LogP contribution in [-0.2, 0) is 0 Å². The predicted molar refractivity (Wildman–Crippen MR) is 75.9 cm³/mol. The fourth-order valence-electron chi connectivity index (χ4n) is 1.89. The van der Waals surface area contributed by atoms with Crippen molar-refractivity contribution >= 4 is 11.4 Å². The molecule has 3 nitrogen and oxygen atoms in total. The van der Waals surface area contributed by atoms with E-state index in [2.05, 4.69) is 4.98 Å². The number of hydrogen-bond donors (Lipinski definition) is 1. The average molecular weight is 259 g/mol. The number of halogens is 1. The number of aromatic nitrogens is 1. The monoisotopic (exact) mass is 259 g/mol. The van der Waals surface area contributed by atoms with E-state index in [9.17, 15) is 4.39 Å². The Labute approximate surface area is 112 Å². The third-order valence-electron chi connectivity index (χ3n) is 3.19. The highest BCUT2D eigenvalue weighted by Gasteiger charge is 2.10. The maximum Gasteiger partial charge on any atom is 0.146 e. The first-order valence-corrected chi connectivity index (χ1v) is 6.33. The summed E-state index contributed by atoms with van der Waals surface area (Å²) in [5.41, 5.74) is 8.13. The molecule has 0 radical (unpaired) electrons. The van der Waals surface area contributed by atoms with Crippen LogP contribution in [0, 0.1) is 5.82 Å². The van der Waals surface area contributed by atoms with Gasteiger partial charge in [0.1, 0.15) is 5.82 Å². The number of anilines is 2. The molecule has 100 valence electrons. The molecule has 0 saturated carbocycles. The third-order valence-corrected chi connectivity index (χ3v) is 3.19. The zero-order valence-corrected chi connectivity index (χ0v) is 11.2. The van der Waals surface area contributed by atoms with Gasteiger partial charge < -0.3 is 10.6 Å². The van der Waals surface area contributed by atoms with Gasteiger partial charge in [-0.1, -0.05) is 19.1 Å². The van der Waals surface area contributed by atoms with Crippen LogP contribution in [-0.4, -0.2) is 12.0 Å². The number of nitrogens with zero attached hydrogens (tertiary/aromatic N) is 2. The Hall–Kier alpha value is -1.94. The molecular weight excluding hydrogens is 241 g/mol. The van der Waals surface area contributed by atoms with E-state index in [0.717, 1.165) is 17.8 Å². The minimum atomic E-state index is -0.251. The summed E-state index contributed by atoms with van der Waals surface area (Å²) in [6.45, 7) is 2.02. The second kappa shape index (κ2) is 5.80. The van der Waals surface area contributed by atoms with Crippen molar-refractivity contribution in [3.8, 4) is 0 Å². The Morgan fingerprint density at radius 2 is 2.00 bits per heavy atom. The fourth-order valence-corrected chi connectivity index (χ4v) is 1.89. The maximum atomic E-state index is 13.7. The molecule has 0 spiro atoms. The van der Waals surface area contributed by atoms with E-state index >= 15 is 0 Å². The molecule has 1 aromatic heterocycles. The maximum absolute atomic E-state index is 13.7. The quantitative estimate of drug-likeness (QED) is 0.915.